The van der Waals surface area contributed by atoms with Crippen LogP contribution >= 0.6 is 0 Å². The van der Waals surface area contributed by atoms with E-state index in [9.17, 15) is 5.11 Å². The van der Waals surface area contributed by atoms with Gasteiger partial charge in [0.1, 0.15) is 6.10 Å². The lowest BCUT2D eigenvalue weighted by atomic mass is 10.0. The molecule has 0 heterocycles. The van der Waals surface area contributed by atoms with Crippen molar-refractivity contribution in [2.24, 2.45) is 0 Å². The molecule has 112 valence electrons. The minimum atomic E-state index is -0.521. The molecule has 0 aromatic rings. The summed E-state index contributed by atoms with van der Waals surface area (Å²) < 4.78 is 0. The summed E-state index contributed by atoms with van der Waals surface area (Å²) in [6, 6.07) is 0. The predicted molar refractivity (Wildman–Crippen MR) is 85.2 cm³/mol. The van der Waals surface area contributed by atoms with Crippen LogP contribution in [-0.4, -0.2) is 11.2 Å². The maximum atomic E-state index is 9.20. The third-order valence-corrected chi connectivity index (χ3v) is 3.77. The summed E-state index contributed by atoms with van der Waals surface area (Å²) in [6.07, 6.45) is 23.0. The maximum Gasteiger partial charge on any atom is 0.114 e. The summed E-state index contributed by atoms with van der Waals surface area (Å²) in [5.41, 5.74) is 0. The molecule has 19 heavy (non-hydrogen) atoms. The van der Waals surface area contributed by atoms with E-state index in [-0.39, 0.29) is 0 Å². The molecular weight excluding hydrogens is 232 g/mol. The molecule has 1 atom stereocenters. The smallest absolute Gasteiger partial charge is 0.114 e. The van der Waals surface area contributed by atoms with Gasteiger partial charge in [-0.2, -0.15) is 0 Å². The summed E-state index contributed by atoms with van der Waals surface area (Å²) in [6.45, 7) is 2.27. The van der Waals surface area contributed by atoms with Gasteiger partial charge < -0.3 is 5.11 Å². The Morgan fingerprint density at radius 1 is 0.737 bits per heavy atom. The van der Waals surface area contributed by atoms with Crippen LogP contribution in [0.25, 0.3) is 0 Å². The number of hydrogen-bond donors (Lipinski definition) is 1. The van der Waals surface area contributed by atoms with Crippen molar-refractivity contribution in [1.29, 1.82) is 0 Å². The van der Waals surface area contributed by atoms with E-state index in [1.54, 1.807) is 0 Å². The first-order chi connectivity index (χ1) is 9.31. The second-order valence-electron chi connectivity index (χ2n) is 5.71. The van der Waals surface area contributed by atoms with Gasteiger partial charge in [-0.05, 0) is 12.8 Å². The van der Waals surface area contributed by atoms with Crippen molar-refractivity contribution in [1.82, 2.24) is 0 Å². The van der Waals surface area contributed by atoms with E-state index in [4.69, 9.17) is 6.42 Å². The molecule has 0 saturated carbocycles. The molecule has 0 aliphatic heterocycles. The molecule has 1 N–H and O–H groups in total. The van der Waals surface area contributed by atoms with Crippen LogP contribution in [0.1, 0.15) is 96.8 Å². The number of unbranched alkanes of at least 4 members (excludes halogenated alkanes) is 12. The largest absolute Gasteiger partial charge is 0.380 e. The molecule has 1 heteroatoms. The summed E-state index contributed by atoms with van der Waals surface area (Å²) in [4.78, 5) is 0. The van der Waals surface area contributed by atoms with Crippen molar-refractivity contribution >= 4 is 0 Å². The second kappa shape index (κ2) is 15.6. The van der Waals surface area contributed by atoms with Gasteiger partial charge in [0.15, 0.2) is 0 Å². The zero-order valence-electron chi connectivity index (χ0n) is 13.0. The molecule has 0 unspecified atom stereocenters. The van der Waals surface area contributed by atoms with Crippen molar-refractivity contribution in [3.05, 3.63) is 0 Å². The Hall–Kier alpha value is -0.480. The number of aliphatic hydroxyl groups excluding tert-OH is 1. The fourth-order valence-corrected chi connectivity index (χ4v) is 2.44. The van der Waals surface area contributed by atoms with Crippen molar-refractivity contribution in [3.8, 4) is 12.3 Å². The van der Waals surface area contributed by atoms with Gasteiger partial charge in [-0.1, -0.05) is 89.9 Å². The SMILES string of the molecule is C#C[C@@H](O)CCCCCCCCCCCCCCC. The van der Waals surface area contributed by atoms with Crippen molar-refractivity contribution in [2.45, 2.75) is 103 Å². The highest BCUT2D eigenvalue weighted by atomic mass is 16.3. The topological polar surface area (TPSA) is 20.2 Å². The lowest BCUT2D eigenvalue weighted by molar-refractivity contribution is 0.217. The molecule has 0 fully saturated rings. The second-order valence-corrected chi connectivity index (χ2v) is 5.71. The van der Waals surface area contributed by atoms with E-state index in [0.29, 0.717) is 0 Å². The fraction of sp³-hybridized carbons (Fsp3) is 0.889. The number of hydrogen-bond acceptors (Lipinski definition) is 1. The quantitative estimate of drug-likeness (QED) is 0.327. The molecular formula is C18H34O. The standard InChI is InChI=1S/C18H34O/c1-3-5-6-7-8-9-10-11-12-13-14-15-16-17-18(19)4-2/h2,18-19H,3,5-17H2,1H3/t18-/m1/s1. The Labute approximate surface area is 121 Å². The zero-order valence-corrected chi connectivity index (χ0v) is 13.0. The van der Waals surface area contributed by atoms with Crippen LogP contribution in [0.3, 0.4) is 0 Å². The average molecular weight is 266 g/mol. The van der Waals surface area contributed by atoms with Crippen LogP contribution in [-0.2, 0) is 0 Å². The van der Waals surface area contributed by atoms with E-state index in [2.05, 4.69) is 12.8 Å². The van der Waals surface area contributed by atoms with E-state index in [1.807, 2.05) is 0 Å². The van der Waals surface area contributed by atoms with Gasteiger partial charge in [0.25, 0.3) is 0 Å². The van der Waals surface area contributed by atoms with Crippen molar-refractivity contribution in [3.63, 3.8) is 0 Å². The van der Waals surface area contributed by atoms with Crippen LogP contribution in [0.15, 0.2) is 0 Å². The first kappa shape index (κ1) is 18.5. The first-order valence-electron chi connectivity index (χ1n) is 8.45. The molecule has 0 spiro atoms. The molecule has 0 aromatic carbocycles. The number of aliphatic hydroxyl groups is 1. The molecule has 0 aromatic heterocycles. The predicted octanol–water partition coefficient (Wildman–Crippen LogP) is 5.46. The first-order valence-corrected chi connectivity index (χ1v) is 8.45. The molecule has 0 amide bonds. The monoisotopic (exact) mass is 266 g/mol. The molecule has 0 aliphatic carbocycles. The highest BCUT2D eigenvalue weighted by Gasteiger charge is 1.98. The highest BCUT2D eigenvalue weighted by molar-refractivity contribution is 4.92. The van der Waals surface area contributed by atoms with E-state index >= 15 is 0 Å². The third kappa shape index (κ3) is 15.5. The van der Waals surface area contributed by atoms with Crippen LogP contribution in [0.5, 0.6) is 0 Å². The Balaban J connectivity index is 2.97. The van der Waals surface area contributed by atoms with Gasteiger partial charge in [-0.3, -0.25) is 0 Å². The lowest BCUT2D eigenvalue weighted by Crippen LogP contribution is -2.01. The normalized spacial score (nSPS) is 12.3. The maximum absolute atomic E-state index is 9.20. The van der Waals surface area contributed by atoms with E-state index in [1.165, 1.54) is 77.0 Å². The molecule has 0 aliphatic rings. The Kier molecular flexibility index (Phi) is 15.2. The summed E-state index contributed by atoms with van der Waals surface area (Å²) >= 11 is 0. The van der Waals surface area contributed by atoms with Gasteiger partial charge >= 0.3 is 0 Å². The zero-order chi connectivity index (χ0) is 14.2. The van der Waals surface area contributed by atoms with Gasteiger partial charge in [-0.15, -0.1) is 6.42 Å². The van der Waals surface area contributed by atoms with Crippen LogP contribution < -0.4 is 0 Å². The minimum Gasteiger partial charge on any atom is -0.380 e. The Morgan fingerprint density at radius 2 is 1.11 bits per heavy atom. The fourth-order valence-electron chi connectivity index (χ4n) is 2.44. The number of rotatable bonds is 14. The molecule has 0 rings (SSSR count). The lowest BCUT2D eigenvalue weighted by Gasteiger charge is -2.04. The Bertz CT molecular complexity index is 204. The summed E-state index contributed by atoms with van der Waals surface area (Å²) in [5.74, 6) is 2.36. The van der Waals surface area contributed by atoms with Gasteiger partial charge in [-0.25, -0.2) is 0 Å². The molecule has 0 saturated heterocycles. The summed E-state index contributed by atoms with van der Waals surface area (Å²) in [7, 11) is 0. The van der Waals surface area contributed by atoms with Crippen LogP contribution in [0.4, 0.5) is 0 Å². The van der Waals surface area contributed by atoms with Gasteiger partial charge in [0.05, 0.1) is 0 Å². The number of terminal acetylenes is 1. The van der Waals surface area contributed by atoms with Gasteiger partial charge in [0.2, 0.25) is 0 Å². The molecule has 0 bridgehead atoms. The van der Waals surface area contributed by atoms with Crippen LogP contribution in [0, 0.1) is 12.3 Å². The van der Waals surface area contributed by atoms with Crippen LogP contribution in [0.2, 0.25) is 0 Å². The average Bonchev–Trinajstić information content (AvgIpc) is 2.43. The molecule has 1 nitrogen and oxygen atoms in total. The summed E-state index contributed by atoms with van der Waals surface area (Å²) in [5, 5.41) is 9.20. The third-order valence-electron chi connectivity index (χ3n) is 3.77. The Morgan fingerprint density at radius 3 is 1.47 bits per heavy atom. The van der Waals surface area contributed by atoms with Crippen molar-refractivity contribution in [2.75, 3.05) is 0 Å². The highest BCUT2D eigenvalue weighted by Crippen LogP contribution is 2.13. The van der Waals surface area contributed by atoms with E-state index in [0.717, 1.165) is 12.8 Å². The van der Waals surface area contributed by atoms with Crippen molar-refractivity contribution < 1.29 is 5.11 Å². The molecule has 0 radical (unpaired) electrons. The van der Waals surface area contributed by atoms with E-state index < -0.39 is 6.10 Å². The minimum absolute atomic E-state index is 0.521. The van der Waals surface area contributed by atoms with Gasteiger partial charge in [0, 0.05) is 0 Å².